The van der Waals surface area contributed by atoms with Crippen molar-refractivity contribution in [3.8, 4) is 0 Å². The van der Waals surface area contributed by atoms with Crippen LogP contribution in [0, 0.1) is 5.82 Å². The molecule has 100 valence electrons. The molecule has 1 unspecified atom stereocenters. The van der Waals surface area contributed by atoms with Crippen molar-refractivity contribution in [1.82, 2.24) is 0 Å². The zero-order chi connectivity index (χ0) is 13.8. The molecule has 19 heavy (non-hydrogen) atoms. The number of rotatable bonds is 4. The van der Waals surface area contributed by atoms with Gasteiger partial charge in [0, 0.05) is 20.6 Å². The summed E-state index contributed by atoms with van der Waals surface area (Å²) in [7, 11) is 0. The highest BCUT2D eigenvalue weighted by Crippen LogP contribution is 2.26. The van der Waals surface area contributed by atoms with Gasteiger partial charge in [0.2, 0.25) is 0 Å². The van der Waals surface area contributed by atoms with Gasteiger partial charge in [-0.1, -0.05) is 28.1 Å². The molecule has 0 aliphatic rings. The third-order valence-corrected chi connectivity index (χ3v) is 4.10. The molecule has 1 nitrogen and oxygen atoms in total. The van der Waals surface area contributed by atoms with E-state index in [-0.39, 0.29) is 11.9 Å². The first-order valence-electron chi connectivity index (χ1n) is 5.95. The Morgan fingerprint density at radius 2 is 2.00 bits per heavy atom. The molecular weight excluding hydrogens is 325 g/mol. The Labute approximate surface area is 125 Å². The van der Waals surface area contributed by atoms with Gasteiger partial charge in [0.1, 0.15) is 5.82 Å². The number of hydrogen-bond acceptors (Lipinski definition) is 2. The maximum Gasteiger partial charge on any atom is 0.129 e. The van der Waals surface area contributed by atoms with Crippen molar-refractivity contribution >= 4 is 33.4 Å². The Balaban J connectivity index is 2.17. The second-order valence-corrected chi connectivity index (χ2v) is 6.06. The van der Waals surface area contributed by atoms with Crippen molar-refractivity contribution in [3.63, 3.8) is 0 Å². The van der Waals surface area contributed by atoms with Gasteiger partial charge in [-0.25, -0.2) is 4.39 Å². The Morgan fingerprint density at radius 1 is 1.21 bits per heavy atom. The monoisotopic (exact) mass is 339 g/mol. The average Bonchev–Trinajstić information content (AvgIpc) is 2.38. The van der Waals surface area contributed by atoms with Crippen LogP contribution in [-0.2, 0) is 0 Å². The lowest BCUT2D eigenvalue weighted by Crippen LogP contribution is -2.08. The molecule has 0 amide bonds. The summed E-state index contributed by atoms with van der Waals surface area (Å²) in [5, 5.41) is 3.32. The summed E-state index contributed by atoms with van der Waals surface area (Å²) in [4.78, 5) is 1.19. The fourth-order valence-corrected chi connectivity index (χ4v) is 2.69. The molecule has 2 aromatic rings. The minimum atomic E-state index is -0.199. The van der Waals surface area contributed by atoms with E-state index in [1.54, 1.807) is 17.8 Å². The molecule has 1 N–H and O–H groups in total. The average molecular weight is 340 g/mol. The van der Waals surface area contributed by atoms with Crippen molar-refractivity contribution in [2.24, 2.45) is 0 Å². The van der Waals surface area contributed by atoms with E-state index in [0.29, 0.717) is 5.56 Å². The molecule has 0 aliphatic heterocycles. The zero-order valence-corrected chi connectivity index (χ0v) is 13.2. The van der Waals surface area contributed by atoms with E-state index in [9.17, 15) is 4.39 Å². The van der Waals surface area contributed by atoms with E-state index in [1.807, 2.05) is 31.4 Å². The molecule has 0 saturated carbocycles. The predicted molar refractivity (Wildman–Crippen MR) is 84.4 cm³/mol. The van der Waals surface area contributed by atoms with Crippen LogP contribution in [0.25, 0.3) is 0 Å². The summed E-state index contributed by atoms with van der Waals surface area (Å²) in [5.74, 6) is -0.199. The third kappa shape index (κ3) is 3.74. The van der Waals surface area contributed by atoms with Crippen molar-refractivity contribution < 1.29 is 4.39 Å². The van der Waals surface area contributed by atoms with Crippen LogP contribution in [0.15, 0.2) is 51.8 Å². The lowest BCUT2D eigenvalue weighted by molar-refractivity contribution is 0.599. The van der Waals surface area contributed by atoms with E-state index in [2.05, 4.69) is 33.4 Å². The van der Waals surface area contributed by atoms with Gasteiger partial charge in [-0.05, 0) is 43.5 Å². The molecule has 0 fully saturated rings. The molecule has 1 atom stereocenters. The Morgan fingerprint density at radius 3 is 2.68 bits per heavy atom. The van der Waals surface area contributed by atoms with Crippen LogP contribution in [0.2, 0.25) is 0 Å². The summed E-state index contributed by atoms with van der Waals surface area (Å²) in [6.07, 6.45) is 2.04. The molecule has 0 saturated heterocycles. The molecule has 4 heteroatoms. The number of anilines is 1. The molecule has 0 heterocycles. The number of thioether (sulfide) groups is 1. The number of nitrogens with one attached hydrogen (secondary N) is 1. The minimum absolute atomic E-state index is 0.0785. The van der Waals surface area contributed by atoms with Crippen LogP contribution in [0.4, 0.5) is 10.1 Å². The van der Waals surface area contributed by atoms with E-state index in [1.165, 1.54) is 11.0 Å². The Kier molecular flexibility index (Phi) is 4.88. The smallest absolute Gasteiger partial charge is 0.129 e. The van der Waals surface area contributed by atoms with Gasteiger partial charge < -0.3 is 5.32 Å². The van der Waals surface area contributed by atoms with Crippen LogP contribution < -0.4 is 5.32 Å². The SMILES string of the molecule is CSc1cccc(NC(C)c2ccc(Br)cc2F)c1. The molecule has 0 radical (unpaired) electrons. The highest BCUT2D eigenvalue weighted by Gasteiger charge is 2.11. The maximum atomic E-state index is 13.9. The van der Waals surface area contributed by atoms with Gasteiger partial charge in [-0.3, -0.25) is 0 Å². The third-order valence-electron chi connectivity index (χ3n) is 2.88. The lowest BCUT2D eigenvalue weighted by atomic mass is 10.1. The van der Waals surface area contributed by atoms with Gasteiger partial charge in [0.05, 0.1) is 6.04 Å². The summed E-state index contributed by atoms with van der Waals surface area (Å²) in [5.41, 5.74) is 1.67. The van der Waals surface area contributed by atoms with Crippen LogP contribution >= 0.6 is 27.7 Å². The molecule has 2 rings (SSSR count). The summed E-state index contributed by atoms with van der Waals surface area (Å²) >= 11 is 4.96. The summed E-state index contributed by atoms with van der Waals surface area (Å²) in [6, 6.07) is 13.2. The molecule has 2 aromatic carbocycles. The molecule has 0 aromatic heterocycles. The number of halogens is 2. The van der Waals surface area contributed by atoms with Gasteiger partial charge in [-0.15, -0.1) is 11.8 Å². The highest BCUT2D eigenvalue weighted by molar-refractivity contribution is 9.10. The van der Waals surface area contributed by atoms with Crippen molar-refractivity contribution in [1.29, 1.82) is 0 Å². The second kappa shape index (κ2) is 6.44. The Bertz CT molecular complexity index is 574. The van der Waals surface area contributed by atoms with Gasteiger partial charge in [0.15, 0.2) is 0 Å². The van der Waals surface area contributed by atoms with E-state index < -0.39 is 0 Å². The maximum absolute atomic E-state index is 13.9. The number of hydrogen-bond donors (Lipinski definition) is 1. The topological polar surface area (TPSA) is 12.0 Å². The summed E-state index contributed by atoms with van der Waals surface area (Å²) in [6.45, 7) is 1.96. The molecule has 0 bridgehead atoms. The van der Waals surface area contributed by atoms with Crippen LogP contribution in [0.3, 0.4) is 0 Å². The fourth-order valence-electron chi connectivity index (χ4n) is 1.89. The van der Waals surface area contributed by atoms with Crippen LogP contribution in [0.5, 0.6) is 0 Å². The van der Waals surface area contributed by atoms with E-state index in [0.717, 1.165) is 10.2 Å². The molecular formula is C15H15BrFNS. The van der Waals surface area contributed by atoms with Gasteiger partial charge >= 0.3 is 0 Å². The quantitative estimate of drug-likeness (QED) is 0.740. The molecule has 0 spiro atoms. The largest absolute Gasteiger partial charge is 0.378 e. The standard InChI is InChI=1S/C15H15BrFNS/c1-10(14-7-6-11(16)8-15(14)17)18-12-4-3-5-13(9-12)19-2/h3-10,18H,1-2H3. The number of benzene rings is 2. The Hall–Kier alpha value is -1.00. The zero-order valence-electron chi connectivity index (χ0n) is 10.8. The first-order chi connectivity index (χ1) is 9.10. The first kappa shape index (κ1) is 14.4. The highest BCUT2D eigenvalue weighted by atomic mass is 79.9. The summed E-state index contributed by atoms with van der Waals surface area (Å²) < 4.78 is 14.6. The van der Waals surface area contributed by atoms with Crippen LogP contribution in [-0.4, -0.2) is 6.26 Å². The van der Waals surface area contributed by atoms with E-state index >= 15 is 0 Å². The predicted octanol–water partition coefficient (Wildman–Crippen LogP) is 5.48. The van der Waals surface area contributed by atoms with E-state index in [4.69, 9.17) is 0 Å². The minimum Gasteiger partial charge on any atom is -0.378 e. The van der Waals surface area contributed by atoms with Crippen molar-refractivity contribution in [2.45, 2.75) is 17.9 Å². The van der Waals surface area contributed by atoms with Gasteiger partial charge in [-0.2, -0.15) is 0 Å². The lowest BCUT2D eigenvalue weighted by Gasteiger charge is -2.17. The molecule has 0 aliphatic carbocycles. The first-order valence-corrected chi connectivity index (χ1v) is 7.97. The fraction of sp³-hybridized carbons (Fsp3) is 0.200. The normalized spacial score (nSPS) is 12.2. The van der Waals surface area contributed by atoms with Gasteiger partial charge in [0.25, 0.3) is 0 Å². The second-order valence-electron chi connectivity index (χ2n) is 4.26. The van der Waals surface area contributed by atoms with Crippen molar-refractivity contribution in [2.75, 3.05) is 11.6 Å². The van der Waals surface area contributed by atoms with Crippen LogP contribution in [0.1, 0.15) is 18.5 Å². The van der Waals surface area contributed by atoms with Crippen molar-refractivity contribution in [3.05, 3.63) is 58.3 Å².